The number of imidazole rings is 1. The van der Waals surface area contributed by atoms with Gasteiger partial charge in [-0.1, -0.05) is 12.1 Å². The van der Waals surface area contributed by atoms with Gasteiger partial charge in [0.1, 0.15) is 5.54 Å². The molecule has 1 N–H and O–H groups in total. The van der Waals surface area contributed by atoms with Crippen molar-refractivity contribution in [3.05, 3.63) is 30.1 Å². The maximum atomic E-state index is 13.0. The lowest BCUT2D eigenvalue weighted by Gasteiger charge is -2.25. The molecule has 2 rings (SSSR count). The van der Waals surface area contributed by atoms with E-state index in [1.54, 1.807) is 12.1 Å². The summed E-state index contributed by atoms with van der Waals surface area (Å²) in [7, 11) is 0. The number of para-hydroxylation sites is 2. The van der Waals surface area contributed by atoms with Gasteiger partial charge in [-0.2, -0.15) is 13.2 Å². The van der Waals surface area contributed by atoms with Crippen LogP contribution >= 0.6 is 0 Å². The van der Waals surface area contributed by atoms with Crippen molar-refractivity contribution in [3.8, 4) is 0 Å². The van der Waals surface area contributed by atoms with Crippen LogP contribution in [-0.4, -0.2) is 20.6 Å². The van der Waals surface area contributed by atoms with Gasteiger partial charge in [0.2, 0.25) is 5.82 Å². The molecule has 2 aromatic rings. The van der Waals surface area contributed by atoms with Crippen LogP contribution < -0.4 is 0 Å². The number of aliphatic carboxylic acids is 1. The van der Waals surface area contributed by atoms with E-state index in [-0.39, 0.29) is 11.0 Å². The van der Waals surface area contributed by atoms with E-state index in [1.165, 1.54) is 26.0 Å². The molecule has 19 heavy (non-hydrogen) atoms. The average Bonchev–Trinajstić information content (AvgIpc) is 2.68. The third kappa shape index (κ3) is 2.05. The molecule has 0 radical (unpaired) electrons. The van der Waals surface area contributed by atoms with E-state index >= 15 is 0 Å². The number of alkyl halides is 3. The summed E-state index contributed by atoms with van der Waals surface area (Å²) in [6.45, 7) is 2.41. The minimum atomic E-state index is -4.72. The van der Waals surface area contributed by atoms with E-state index in [4.69, 9.17) is 5.11 Å². The molecule has 0 atom stereocenters. The van der Waals surface area contributed by atoms with Gasteiger partial charge in [-0.25, -0.2) is 9.78 Å². The van der Waals surface area contributed by atoms with Gasteiger partial charge >= 0.3 is 12.1 Å². The van der Waals surface area contributed by atoms with Crippen LogP contribution in [0.2, 0.25) is 0 Å². The first-order valence-electron chi connectivity index (χ1n) is 5.44. The average molecular weight is 272 g/mol. The summed E-state index contributed by atoms with van der Waals surface area (Å²) in [5.74, 6) is -2.57. The number of hydrogen-bond acceptors (Lipinski definition) is 2. The molecule has 1 heterocycles. The number of carboxylic acid groups (broad SMARTS) is 1. The predicted octanol–water partition coefficient (Wildman–Crippen LogP) is 2.87. The molecule has 0 aliphatic heterocycles. The van der Waals surface area contributed by atoms with E-state index in [9.17, 15) is 18.0 Å². The molecule has 0 amide bonds. The van der Waals surface area contributed by atoms with Gasteiger partial charge in [-0.05, 0) is 26.0 Å². The van der Waals surface area contributed by atoms with Gasteiger partial charge < -0.3 is 9.67 Å². The van der Waals surface area contributed by atoms with Crippen molar-refractivity contribution >= 4 is 17.0 Å². The fourth-order valence-corrected chi connectivity index (χ4v) is 1.88. The molecule has 4 nitrogen and oxygen atoms in total. The molecule has 0 bridgehead atoms. The summed E-state index contributed by atoms with van der Waals surface area (Å²) in [6, 6.07) is 5.92. The monoisotopic (exact) mass is 272 g/mol. The Balaban J connectivity index is 2.87. The normalized spacial score (nSPS) is 12.9. The minimum Gasteiger partial charge on any atom is -0.480 e. The van der Waals surface area contributed by atoms with E-state index in [0.717, 1.165) is 0 Å². The first-order chi connectivity index (χ1) is 8.65. The lowest BCUT2D eigenvalue weighted by molar-refractivity contribution is -0.154. The van der Waals surface area contributed by atoms with Crippen LogP contribution in [-0.2, 0) is 16.5 Å². The minimum absolute atomic E-state index is 0.115. The first-order valence-corrected chi connectivity index (χ1v) is 5.44. The first kappa shape index (κ1) is 13.4. The number of hydrogen-bond donors (Lipinski definition) is 1. The Morgan fingerprint density at radius 3 is 2.37 bits per heavy atom. The van der Waals surface area contributed by atoms with Crippen molar-refractivity contribution in [2.24, 2.45) is 0 Å². The summed E-state index contributed by atoms with van der Waals surface area (Å²) in [4.78, 5) is 14.7. The molecule has 0 aliphatic carbocycles. The van der Waals surface area contributed by atoms with Crippen LogP contribution in [0.15, 0.2) is 24.3 Å². The van der Waals surface area contributed by atoms with E-state index in [2.05, 4.69) is 4.98 Å². The Labute approximate surface area is 106 Å². The van der Waals surface area contributed by atoms with Crippen LogP contribution in [0.4, 0.5) is 13.2 Å². The zero-order valence-electron chi connectivity index (χ0n) is 10.2. The van der Waals surface area contributed by atoms with Crippen LogP contribution in [0.25, 0.3) is 11.0 Å². The third-order valence-corrected chi connectivity index (χ3v) is 2.90. The van der Waals surface area contributed by atoms with Crippen molar-refractivity contribution in [2.45, 2.75) is 25.6 Å². The van der Waals surface area contributed by atoms with E-state index in [1.807, 2.05) is 0 Å². The SMILES string of the molecule is CC(C)(C(=O)O)n1c(C(F)(F)F)nc2ccccc21. The number of fused-ring (bicyclic) bond motifs is 1. The fourth-order valence-electron chi connectivity index (χ4n) is 1.88. The molecule has 1 aromatic heterocycles. The van der Waals surface area contributed by atoms with Gasteiger partial charge in [0.25, 0.3) is 0 Å². The number of halogens is 3. The summed E-state index contributed by atoms with van der Waals surface area (Å²) < 4.78 is 39.7. The molecule has 0 unspecified atom stereocenters. The van der Waals surface area contributed by atoms with Gasteiger partial charge in [0.15, 0.2) is 0 Å². The molecular formula is C12H11F3N2O2. The molecule has 0 aliphatic rings. The third-order valence-electron chi connectivity index (χ3n) is 2.90. The highest BCUT2D eigenvalue weighted by molar-refractivity contribution is 5.82. The molecule has 0 spiro atoms. The summed E-state index contributed by atoms with van der Waals surface area (Å²) in [6.07, 6.45) is -4.72. The largest absolute Gasteiger partial charge is 0.480 e. The topological polar surface area (TPSA) is 55.1 Å². The molecule has 1 aromatic carbocycles. The number of rotatable bonds is 2. The van der Waals surface area contributed by atoms with Crippen molar-refractivity contribution in [1.82, 2.24) is 9.55 Å². The van der Waals surface area contributed by atoms with Gasteiger partial charge in [-0.15, -0.1) is 0 Å². The molecule has 0 fully saturated rings. The Morgan fingerprint density at radius 1 is 1.26 bits per heavy atom. The Bertz CT molecular complexity index is 644. The quantitative estimate of drug-likeness (QED) is 0.914. The number of benzene rings is 1. The summed E-state index contributed by atoms with van der Waals surface area (Å²) in [5, 5.41) is 9.15. The predicted molar refractivity (Wildman–Crippen MR) is 61.7 cm³/mol. The lowest BCUT2D eigenvalue weighted by atomic mass is 10.1. The van der Waals surface area contributed by atoms with Crippen LogP contribution in [0, 0.1) is 0 Å². The Kier molecular flexibility index (Phi) is 2.80. The zero-order chi connectivity index (χ0) is 14.4. The molecule has 0 saturated heterocycles. The number of carboxylic acids is 1. The number of carbonyl (C=O) groups is 1. The lowest BCUT2D eigenvalue weighted by Crippen LogP contribution is -2.38. The van der Waals surface area contributed by atoms with Crippen LogP contribution in [0.5, 0.6) is 0 Å². The molecule has 7 heteroatoms. The molecule has 0 saturated carbocycles. The second-order valence-corrected chi connectivity index (χ2v) is 4.62. The zero-order valence-corrected chi connectivity index (χ0v) is 10.2. The second-order valence-electron chi connectivity index (χ2n) is 4.62. The Morgan fingerprint density at radius 2 is 1.84 bits per heavy atom. The van der Waals surface area contributed by atoms with Crippen molar-refractivity contribution in [1.29, 1.82) is 0 Å². The van der Waals surface area contributed by atoms with Crippen molar-refractivity contribution in [3.63, 3.8) is 0 Å². The van der Waals surface area contributed by atoms with E-state index < -0.39 is 23.5 Å². The summed E-state index contributed by atoms with van der Waals surface area (Å²) >= 11 is 0. The van der Waals surface area contributed by atoms with E-state index in [0.29, 0.717) is 4.57 Å². The second kappa shape index (κ2) is 3.97. The van der Waals surface area contributed by atoms with Gasteiger partial charge in [0, 0.05) is 0 Å². The fraction of sp³-hybridized carbons (Fsp3) is 0.333. The molecule has 102 valence electrons. The van der Waals surface area contributed by atoms with Gasteiger partial charge in [0.05, 0.1) is 11.0 Å². The highest BCUT2D eigenvalue weighted by Gasteiger charge is 2.43. The van der Waals surface area contributed by atoms with Crippen molar-refractivity contribution in [2.75, 3.05) is 0 Å². The standard InChI is InChI=1S/C12H11F3N2O2/c1-11(2,10(18)19)17-8-6-4-3-5-7(8)16-9(17)12(13,14)15/h3-6H,1-2H3,(H,18,19). The van der Waals surface area contributed by atoms with Crippen LogP contribution in [0.3, 0.4) is 0 Å². The Hall–Kier alpha value is -2.05. The van der Waals surface area contributed by atoms with Crippen molar-refractivity contribution < 1.29 is 23.1 Å². The van der Waals surface area contributed by atoms with Crippen LogP contribution in [0.1, 0.15) is 19.7 Å². The maximum absolute atomic E-state index is 13.0. The maximum Gasteiger partial charge on any atom is 0.449 e. The highest BCUT2D eigenvalue weighted by Crippen LogP contribution is 2.35. The number of nitrogens with zero attached hydrogens (tertiary/aromatic N) is 2. The molecular weight excluding hydrogens is 261 g/mol. The van der Waals surface area contributed by atoms with Gasteiger partial charge in [-0.3, -0.25) is 0 Å². The highest BCUT2D eigenvalue weighted by atomic mass is 19.4. The summed E-state index contributed by atoms with van der Waals surface area (Å²) in [5.41, 5.74) is -1.49. The smallest absolute Gasteiger partial charge is 0.449 e. The number of aromatic nitrogens is 2.